The van der Waals surface area contributed by atoms with Crippen LogP contribution in [0.1, 0.15) is 62.9 Å². The molecule has 2 fully saturated rings. The van der Waals surface area contributed by atoms with Crippen molar-refractivity contribution in [3.05, 3.63) is 36.2 Å². The number of carbonyl (C=O) groups is 1. The number of aliphatic imine (C=N–C) groups is 1. The number of aryl methyl sites for hydroxylation is 1. The van der Waals surface area contributed by atoms with E-state index < -0.39 is 11.8 Å². The van der Waals surface area contributed by atoms with Gasteiger partial charge in [0.25, 0.3) is 5.69 Å². The molecule has 0 saturated heterocycles. The van der Waals surface area contributed by atoms with Crippen LogP contribution < -0.4 is 4.57 Å². The van der Waals surface area contributed by atoms with Crippen molar-refractivity contribution in [2.24, 2.45) is 41.6 Å². The van der Waals surface area contributed by atoms with E-state index in [9.17, 15) is 23.1 Å². The minimum absolute atomic E-state index is 0.185. The zero-order valence-electron chi connectivity index (χ0n) is 20.1. The first-order valence-electron chi connectivity index (χ1n) is 12.2. The molecule has 1 aromatic heterocycles. The molecule has 34 heavy (non-hydrogen) atoms. The average Bonchev–Trinajstić information content (AvgIpc) is 2.77. The molecule has 7 heteroatoms. The van der Waals surface area contributed by atoms with E-state index in [1.54, 1.807) is 42.1 Å². The normalized spacial score (nSPS) is 29.7. The molecule has 6 atom stereocenters. The Bertz CT molecular complexity index is 1080. The third kappa shape index (κ3) is 4.64. The van der Waals surface area contributed by atoms with Crippen molar-refractivity contribution in [3.8, 4) is 0 Å². The molecule has 2 aliphatic rings. The second kappa shape index (κ2) is 9.40. The molecular weight excluding hydrogens is 441 g/mol. The minimum Gasteiger partial charge on any atom is -0.376 e. The third-order valence-corrected chi connectivity index (χ3v) is 8.24. The highest BCUT2D eigenvalue weighted by Crippen LogP contribution is 2.51. The van der Waals surface area contributed by atoms with E-state index in [4.69, 9.17) is 0 Å². The number of pyridine rings is 1. The van der Waals surface area contributed by atoms with Crippen molar-refractivity contribution in [1.82, 2.24) is 0 Å². The second-order valence-corrected chi connectivity index (χ2v) is 10.6. The van der Waals surface area contributed by atoms with E-state index in [0.29, 0.717) is 58.8 Å². The Morgan fingerprint density at radius 1 is 1.12 bits per heavy atom. The molecule has 2 aliphatic carbocycles. The second-order valence-electron chi connectivity index (χ2n) is 10.6. The average molecular weight is 476 g/mol. The Morgan fingerprint density at radius 2 is 1.88 bits per heavy atom. The molecule has 0 aliphatic heterocycles. The molecule has 0 spiro atoms. The molecule has 4 nitrogen and oxygen atoms in total. The molecule has 0 bridgehead atoms. The van der Waals surface area contributed by atoms with Gasteiger partial charge in [-0.3, -0.25) is 9.79 Å². The van der Waals surface area contributed by atoms with Crippen LogP contribution in [0.5, 0.6) is 0 Å². The number of benzene rings is 1. The molecule has 4 rings (SSSR count). The van der Waals surface area contributed by atoms with Crippen LogP contribution in [-0.4, -0.2) is 29.4 Å². The Labute approximate surface area is 198 Å². The van der Waals surface area contributed by atoms with Gasteiger partial charge >= 0.3 is 6.18 Å². The highest BCUT2D eigenvalue weighted by Gasteiger charge is 2.55. The summed E-state index contributed by atoms with van der Waals surface area (Å²) in [4.78, 5) is 15.7. The minimum atomic E-state index is -4.83. The first-order chi connectivity index (χ1) is 16.0. The van der Waals surface area contributed by atoms with Gasteiger partial charge in [0, 0.05) is 17.7 Å². The van der Waals surface area contributed by atoms with Crippen LogP contribution in [0.25, 0.3) is 10.8 Å². The summed E-state index contributed by atoms with van der Waals surface area (Å²) in [5.74, 6) is 1.46. The van der Waals surface area contributed by atoms with Crippen LogP contribution in [0, 0.1) is 29.6 Å². The maximum absolute atomic E-state index is 14.2. The van der Waals surface area contributed by atoms with Gasteiger partial charge in [-0.2, -0.15) is 17.7 Å². The standard InChI is InChI=1S/C27H34F3N2O2/c1-17-12-18(2)20-7-4-6-19(23(20)13-17)14-26(34,27(28,29)30)16-31-24-9-5-8-22-21(24)10-11-32(3)25(22)15-33/h5,8-11,15-20,23,34H,4,6-7,12-14H2,1-3H3/q+1. The highest BCUT2D eigenvalue weighted by atomic mass is 19.4. The quantitative estimate of drug-likeness (QED) is 0.330. The number of aromatic nitrogens is 1. The van der Waals surface area contributed by atoms with E-state index in [2.05, 4.69) is 18.8 Å². The van der Waals surface area contributed by atoms with E-state index in [1.807, 2.05) is 0 Å². The fourth-order valence-corrected chi connectivity index (χ4v) is 6.58. The van der Waals surface area contributed by atoms with Gasteiger partial charge in [-0.25, -0.2) is 0 Å². The number of aliphatic hydroxyl groups is 1. The fraction of sp³-hybridized carbons (Fsp3) is 0.593. The fourth-order valence-electron chi connectivity index (χ4n) is 6.58. The van der Waals surface area contributed by atoms with Crippen LogP contribution in [0.2, 0.25) is 0 Å². The van der Waals surface area contributed by atoms with Gasteiger partial charge in [0.05, 0.1) is 11.1 Å². The lowest BCUT2D eigenvalue weighted by Crippen LogP contribution is -2.50. The van der Waals surface area contributed by atoms with Gasteiger partial charge in [-0.1, -0.05) is 32.8 Å². The lowest BCUT2D eigenvalue weighted by atomic mass is 9.58. The Kier molecular flexibility index (Phi) is 6.87. The summed E-state index contributed by atoms with van der Waals surface area (Å²) in [7, 11) is 1.73. The lowest BCUT2D eigenvalue weighted by molar-refractivity contribution is -0.671. The summed E-state index contributed by atoms with van der Waals surface area (Å²) in [6.07, 6.45) is 2.63. The Hall–Kier alpha value is -2.28. The predicted octanol–water partition coefficient (Wildman–Crippen LogP) is 5.96. The van der Waals surface area contributed by atoms with Crippen LogP contribution in [0.15, 0.2) is 35.5 Å². The third-order valence-electron chi connectivity index (χ3n) is 8.24. The predicted molar refractivity (Wildman–Crippen MR) is 126 cm³/mol. The number of aldehydes is 1. The molecule has 2 aromatic rings. The first kappa shape index (κ1) is 24.8. The number of carbonyl (C=O) groups excluding carboxylic acids is 1. The van der Waals surface area contributed by atoms with Crippen molar-refractivity contribution in [2.75, 3.05) is 0 Å². The largest absolute Gasteiger partial charge is 0.422 e. The number of hydrogen-bond acceptors (Lipinski definition) is 3. The molecule has 0 amide bonds. The summed E-state index contributed by atoms with van der Waals surface area (Å²) in [6, 6.07) is 6.72. The molecule has 0 radical (unpaired) electrons. The van der Waals surface area contributed by atoms with Crippen LogP contribution in [-0.2, 0) is 7.05 Å². The van der Waals surface area contributed by atoms with Gasteiger partial charge < -0.3 is 5.11 Å². The first-order valence-corrected chi connectivity index (χ1v) is 12.2. The van der Waals surface area contributed by atoms with Gasteiger partial charge in [-0.05, 0) is 67.4 Å². The van der Waals surface area contributed by atoms with E-state index in [-0.39, 0.29) is 18.3 Å². The number of halogens is 3. The maximum Gasteiger partial charge on any atom is 0.422 e. The van der Waals surface area contributed by atoms with Crippen molar-refractivity contribution >= 4 is 29.0 Å². The smallest absolute Gasteiger partial charge is 0.376 e. The number of alkyl halides is 3. The number of hydrogen-bond donors (Lipinski definition) is 1. The van der Waals surface area contributed by atoms with Gasteiger partial charge in [-0.15, -0.1) is 0 Å². The van der Waals surface area contributed by atoms with Crippen LogP contribution >= 0.6 is 0 Å². The molecule has 6 unspecified atom stereocenters. The molecule has 2 saturated carbocycles. The van der Waals surface area contributed by atoms with Crippen molar-refractivity contribution in [1.29, 1.82) is 0 Å². The maximum atomic E-state index is 14.2. The van der Waals surface area contributed by atoms with Gasteiger partial charge in [0.1, 0.15) is 7.05 Å². The SMILES string of the molecule is CC1CC(C)C2CCCC(CC(O)(C=Nc3cccc4c(C=O)[n+](C)ccc34)C(F)(F)F)C2C1. The summed E-state index contributed by atoms with van der Waals surface area (Å²) >= 11 is 0. The molecular formula is C27H34F3N2O2+. The molecule has 1 N–H and O–H groups in total. The van der Waals surface area contributed by atoms with Gasteiger partial charge in [0.15, 0.2) is 11.8 Å². The summed E-state index contributed by atoms with van der Waals surface area (Å²) < 4.78 is 44.4. The van der Waals surface area contributed by atoms with Crippen LogP contribution in [0.4, 0.5) is 18.9 Å². The molecule has 1 aromatic carbocycles. The highest BCUT2D eigenvalue weighted by molar-refractivity contribution is 6.00. The Balaban J connectivity index is 1.67. The summed E-state index contributed by atoms with van der Waals surface area (Å²) in [5, 5.41) is 12.1. The van der Waals surface area contributed by atoms with Gasteiger partial charge in [0.2, 0.25) is 6.29 Å². The summed E-state index contributed by atoms with van der Waals surface area (Å²) in [6.45, 7) is 4.41. The lowest BCUT2D eigenvalue weighted by Gasteiger charge is -2.48. The topological polar surface area (TPSA) is 53.5 Å². The number of nitrogens with zero attached hydrogens (tertiary/aromatic N) is 2. The summed E-state index contributed by atoms with van der Waals surface area (Å²) in [5.41, 5.74) is -2.29. The van der Waals surface area contributed by atoms with Crippen LogP contribution in [0.3, 0.4) is 0 Å². The van der Waals surface area contributed by atoms with E-state index in [0.717, 1.165) is 25.7 Å². The molecule has 1 heterocycles. The van der Waals surface area contributed by atoms with Crippen molar-refractivity contribution < 1.29 is 27.6 Å². The van der Waals surface area contributed by atoms with Crippen molar-refractivity contribution in [3.63, 3.8) is 0 Å². The van der Waals surface area contributed by atoms with E-state index >= 15 is 0 Å². The number of rotatable bonds is 5. The monoisotopic (exact) mass is 475 g/mol. The van der Waals surface area contributed by atoms with Crippen molar-refractivity contribution in [2.45, 2.75) is 64.1 Å². The zero-order chi connectivity index (χ0) is 24.7. The zero-order valence-corrected chi connectivity index (χ0v) is 20.1. The Morgan fingerprint density at radius 3 is 2.59 bits per heavy atom. The number of fused-ring (bicyclic) bond motifs is 2. The van der Waals surface area contributed by atoms with E-state index in [1.165, 1.54) is 0 Å². The molecule has 184 valence electrons.